The molecule has 4 bridgehead atoms. The van der Waals surface area contributed by atoms with Crippen LogP contribution in [0.3, 0.4) is 0 Å². The van der Waals surface area contributed by atoms with Gasteiger partial charge in [-0.1, -0.05) is 6.92 Å². The summed E-state index contributed by atoms with van der Waals surface area (Å²) in [5, 5.41) is 11.3. The molecule has 0 amide bonds. The first-order valence-electron chi connectivity index (χ1n) is 5.78. The van der Waals surface area contributed by atoms with Crippen molar-refractivity contribution in [1.29, 1.82) is 0 Å². The van der Waals surface area contributed by atoms with Crippen LogP contribution >= 0.6 is 0 Å². The Hall–Kier alpha value is -0.640. The number of nitrogens with two attached hydrogens (primary N) is 1. The highest BCUT2D eigenvalue weighted by Gasteiger charge is 2.66. The quantitative estimate of drug-likeness (QED) is 0.529. The van der Waals surface area contributed by atoms with E-state index in [-0.39, 0.29) is 15.9 Å². The Labute approximate surface area is 89.4 Å². The predicted molar refractivity (Wildman–Crippen MR) is 55.9 cm³/mol. The topological polar surface area (TPSA) is 69.2 Å². The molecule has 15 heavy (non-hydrogen) atoms. The van der Waals surface area contributed by atoms with E-state index in [0.717, 1.165) is 32.1 Å². The Morgan fingerprint density at radius 1 is 1.27 bits per heavy atom. The summed E-state index contributed by atoms with van der Waals surface area (Å²) < 4.78 is 0. The minimum Gasteiger partial charge on any atom is -0.325 e. The van der Waals surface area contributed by atoms with E-state index in [1.807, 2.05) is 0 Å². The molecular weight excluding hydrogens is 192 g/mol. The molecule has 84 valence electrons. The van der Waals surface area contributed by atoms with Gasteiger partial charge in [0.15, 0.2) is 0 Å². The number of nitro groups is 1. The van der Waals surface area contributed by atoms with Crippen molar-refractivity contribution in [2.45, 2.75) is 56.5 Å². The fraction of sp³-hybridized carbons (Fsp3) is 1.00. The van der Waals surface area contributed by atoms with Crippen LogP contribution in [0.5, 0.6) is 0 Å². The first-order valence-corrected chi connectivity index (χ1v) is 5.78. The molecule has 4 nitrogen and oxygen atoms in total. The van der Waals surface area contributed by atoms with Gasteiger partial charge < -0.3 is 5.73 Å². The molecule has 2 N–H and O–H groups in total. The lowest BCUT2D eigenvalue weighted by Crippen LogP contribution is -2.68. The number of nitrogens with zero attached hydrogens (tertiary/aromatic N) is 1. The average Bonchev–Trinajstić information content (AvgIpc) is 1.95. The van der Waals surface area contributed by atoms with Gasteiger partial charge in [-0.2, -0.15) is 0 Å². The van der Waals surface area contributed by atoms with Crippen LogP contribution in [0, 0.1) is 21.4 Å². The summed E-state index contributed by atoms with van der Waals surface area (Å²) in [4.78, 5) is 11.3. The number of rotatable bonds is 1. The summed E-state index contributed by atoms with van der Waals surface area (Å²) in [5.41, 5.74) is 5.55. The van der Waals surface area contributed by atoms with E-state index >= 15 is 0 Å². The molecule has 0 aliphatic heterocycles. The standard InChI is InChI=1S/C11H18N2O2/c1-9-2-8-3-10(12,5-9)7-11(4-8,6-9)13(14)15/h8H,2-7,12H2,1H3. The molecule has 4 rings (SSSR count). The van der Waals surface area contributed by atoms with E-state index in [1.165, 1.54) is 0 Å². The van der Waals surface area contributed by atoms with Crippen molar-refractivity contribution in [3.63, 3.8) is 0 Å². The summed E-state index contributed by atoms with van der Waals surface area (Å²) in [5.74, 6) is 0.502. The molecule has 4 unspecified atom stereocenters. The second-order valence-electron chi connectivity index (χ2n) is 6.66. The van der Waals surface area contributed by atoms with Crippen molar-refractivity contribution in [1.82, 2.24) is 0 Å². The van der Waals surface area contributed by atoms with Crippen LogP contribution in [0.2, 0.25) is 0 Å². The summed E-state index contributed by atoms with van der Waals surface area (Å²) >= 11 is 0. The lowest BCUT2D eigenvalue weighted by molar-refractivity contribution is -0.592. The minimum atomic E-state index is -0.678. The molecule has 4 atom stereocenters. The lowest BCUT2D eigenvalue weighted by atomic mass is 9.45. The second-order valence-corrected chi connectivity index (χ2v) is 6.66. The maximum atomic E-state index is 11.3. The van der Waals surface area contributed by atoms with Gasteiger partial charge in [-0.15, -0.1) is 0 Å². The fourth-order valence-corrected chi connectivity index (χ4v) is 5.15. The van der Waals surface area contributed by atoms with Gasteiger partial charge in [0.05, 0.1) is 0 Å². The molecule has 4 fully saturated rings. The molecule has 4 heteroatoms. The van der Waals surface area contributed by atoms with Crippen LogP contribution < -0.4 is 5.73 Å². The van der Waals surface area contributed by atoms with E-state index in [9.17, 15) is 10.1 Å². The zero-order chi connectivity index (χ0) is 10.9. The van der Waals surface area contributed by atoms with Gasteiger partial charge in [-0.05, 0) is 30.6 Å². The maximum Gasteiger partial charge on any atom is 0.224 e. The van der Waals surface area contributed by atoms with Crippen molar-refractivity contribution in [3.05, 3.63) is 10.1 Å². The van der Waals surface area contributed by atoms with Gasteiger partial charge in [-0.3, -0.25) is 10.1 Å². The molecular formula is C11H18N2O2. The molecule has 0 aromatic carbocycles. The Kier molecular flexibility index (Phi) is 1.51. The molecule has 0 spiro atoms. The van der Waals surface area contributed by atoms with E-state index in [2.05, 4.69) is 6.92 Å². The van der Waals surface area contributed by atoms with Gasteiger partial charge >= 0.3 is 0 Å². The fourth-order valence-electron chi connectivity index (χ4n) is 5.15. The number of hydrogen-bond donors (Lipinski definition) is 1. The summed E-state index contributed by atoms with van der Waals surface area (Å²) in [7, 11) is 0. The van der Waals surface area contributed by atoms with E-state index < -0.39 is 5.54 Å². The first-order chi connectivity index (χ1) is 6.85. The van der Waals surface area contributed by atoms with Crippen LogP contribution in [-0.4, -0.2) is 16.0 Å². The van der Waals surface area contributed by atoms with Crippen LogP contribution in [0.25, 0.3) is 0 Å². The monoisotopic (exact) mass is 210 g/mol. The Bertz CT molecular complexity index is 323. The highest BCUT2D eigenvalue weighted by molar-refractivity contribution is 5.15. The van der Waals surface area contributed by atoms with E-state index in [0.29, 0.717) is 12.3 Å². The zero-order valence-electron chi connectivity index (χ0n) is 9.16. The van der Waals surface area contributed by atoms with E-state index in [1.54, 1.807) is 0 Å². The Balaban J connectivity index is 2.05. The highest BCUT2D eigenvalue weighted by atomic mass is 16.6. The SMILES string of the molecule is CC12CC3CC(N)(C1)CC([N+](=O)[O-])(C3)C2. The molecule has 0 heterocycles. The summed E-state index contributed by atoms with van der Waals surface area (Å²) in [6, 6.07) is 0. The third kappa shape index (κ3) is 1.17. The minimum absolute atomic E-state index is 0.0304. The van der Waals surface area contributed by atoms with Crippen molar-refractivity contribution in [3.8, 4) is 0 Å². The lowest BCUT2D eigenvalue weighted by Gasteiger charge is -2.60. The Morgan fingerprint density at radius 3 is 2.53 bits per heavy atom. The normalized spacial score (nSPS) is 57.1. The second kappa shape index (κ2) is 2.37. The van der Waals surface area contributed by atoms with E-state index in [4.69, 9.17) is 5.73 Å². The number of hydrogen-bond acceptors (Lipinski definition) is 3. The van der Waals surface area contributed by atoms with Crippen molar-refractivity contribution in [2.24, 2.45) is 17.1 Å². The van der Waals surface area contributed by atoms with Gasteiger partial charge in [0.25, 0.3) is 0 Å². The van der Waals surface area contributed by atoms with Crippen molar-refractivity contribution < 1.29 is 4.92 Å². The maximum absolute atomic E-state index is 11.3. The molecule has 4 saturated carbocycles. The average molecular weight is 210 g/mol. The van der Waals surface area contributed by atoms with Gasteiger partial charge in [-0.25, -0.2) is 0 Å². The van der Waals surface area contributed by atoms with Crippen LogP contribution in [0.1, 0.15) is 45.4 Å². The van der Waals surface area contributed by atoms with Crippen LogP contribution in [0.15, 0.2) is 0 Å². The summed E-state index contributed by atoms with van der Waals surface area (Å²) in [6.07, 6.45) is 5.29. The van der Waals surface area contributed by atoms with Gasteiger partial charge in [0, 0.05) is 29.7 Å². The third-order valence-corrected chi connectivity index (χ3v) is 4.75. The van der Waals surface area contributed by atoms with Crippen molar-refractivity contribution >= 4 is 0 Å². The van der Waals surface area contributed by atoms with Crippen LogP contribution in [-0.2, 0) is 0 Å². The predicted octanol–water partition coefficient (Wildman–Crippen LogP) is 1.70. The largest absolute Gasteiger partial charge is 0.325 e. The third-order valence-electron chi connectivity index (χ3n) is 4.75. The zero-order valence-corrected chi connectivity index (χ0v) is 9.16. The van der Waals surface area contributed by atoms with Gasteiger partial charge in [0.1, 0.15) is 0 Å². The molecule has 0 saturated heterocycles. The molecule has 0 aromatic rings. The molecule has 0 aromatic heterocycles. The molecule has 4 aliphatic rings. The van der Waals surface area contributed by atoms with Crippen molar-refractivity contribution in [2.75, 3.05) is 0 Å². The molecule has 4 aliphatic carbocycles. The highest BCUT2D eigenvalue weighted by Crippen LogP contribution is 2.62. The first kappa shape index (κ1) is 9.58. The molecule has 0 radical (unpaired) electrons. The van der Waals surface area contributed by atoms with Gasteiger partial charge in [0.2, 0.25) is 5.54 Å². The smallest absolute Gasteiger partial charge is 0.224 e. The van der Waals surface area contributed by atoms with Crippen LogP contribution in [0.4, 0.5) is 0 Å². The Morgan fingerprint density at radius 2 is 2.00 bits per heavy atom. The summed E-state index contributed by atoms with van der Waals surface area (Å²) in [6.45, 7) is 2.19.